The monoisotopic (exact) mass is 246 g/mol. The summed E-state index contributed by atoms with van der Waals surface area (Å²) in [4.78, 5) is 0.156. The molecule has 0 fully saturated rings. The molecule has 0 radical (unpaired) electrons. The van der Waals surface area contributed by atoms with Crippen molar-refractivity contribution in [3.05, 3.63) is 6.20 Å². The van der Waals surface area contributed by atoms with Gasteiger partial charge in [-0.25, -0.2) is 18.8 Å². The Labute approximate surface area is 93.6 Å². The van der Waals surface area contributed by atoms with Crippen LogP contribution in [0.5, 0.6) is 5.88 Å². The van der Waals surface area contributed by atoms with E-state index in [2.05, 4.69) is 5.10 Å². The lowest BCUT2D eigenvalue weighted by Crippen LogP contribution is -2.29. The van der Waals surface area contributed by atoms with Crippen LogP contribution in [-0.2, 0) is 21.2 Å². The number of ether oxygens (including phenoxy) is 2. The van der Waals surface area contributed by atoms with E-state index < -0.39 is 9.92 Å². The van der Waals surface area contributed by atoms with Crippen LogP contribution in [0.15, 0.2) is 11.1 Å². The highest BCUT2D eigenvalue weighted by atomic mass is 32.2. The third-order valence-electron chi connectivity index (χ3n) is 2.38. The first-order valence-electron chi connectivity index (χ1n) is 4.76. The summed E-state index contributed by atoms with van der Waals surface area (Å²) in [6, 6.07) is 0. The fraction of sp³-hybridized carbons (Fsp3) is 0.625. The Hall–Kier alpha value is -1.12. The predicted octanol–water partition coefficient (Wildman–Crippen LogP) is -0.183. The van der Waals surface area contributed by atoms with Crippen molar-refractivity contribution < 1.29 is 13.7 Å². The fourth-order valence-corrected chi connectivity index (χ4v) is 2.30. The first kappa shape index (κ1) is 11.4. The van der Waals surface area contributed by atoms with E-state index in [9.17, 15) is 4.21 Å². The molecule has 1 aromatic rings. The second-order valence-electron chi connectivity index (χ2n) is 3.73. The number of hydrogen-bond acceptors (Lipinski definition) is 5. The van der Waals surface area contributed by atoms with E-state index in [1.165, 1.54) is 6.20 Å². The molecule has 2 rings (SSSR count). The van der Waals surface area contributed by atoms with Gasteiger partial charge in [-0.2, -0.15) is 5.10 Å². The number of fused-ring (bicyclic) bond motifs is 1. The highest BCUT2D eigenvalue weighted by molar-refractivity contribution is 7.90. The van der Waals surface area contributed by atoms with Gasteiger partial charge in [-0.1, -0.05) is 0 Å². The van der Waals surface area contributed by atoms with Crippen molar-refractivity contribution in [2.75, 3.05) is 20.3 Å². The highest BCUT2D eigenvalue weighted by Gasteiger charge is 2.26. The molecule has 0 saturated heterocycles. The van der Waals surface area contributed by atoms with Gasteiger partial charge in [-0.3, -0.25) is 0 Å². The molecule has 0 bridgehead atoms. The first-order chi connectivity index (χ1) is 7.52. The molecule has 8 heteroatoms. The SMILES string of the molecule is COCC1COc2c(S(=N)(N)=O)cnn2C1. The summed E-state index contributed by atoms with van der Waals surface area (Å²) in [5, 5.41) is 9.27. The van der Waals surface area contributed by atoms with Gasteiger partial charge in [0.15, 0.2) is 0 Å². The zero-order chi connectivity index (χ0) is 11.8. The molecule has 1 aromatic heterocycles. The van der Waals surface area contributed by atoms with Crippen LogP contribution in [0.25, 0.3) is 0 Å². The van der Waals surface area contributed by atoms with Crippen molar-refractivity contribution in [3.8, 4) is 5.88 Å². The fourth-order valence-electron chi connectivity index (χ4n) is 1.67. The van der Waals surface area contributed by atoms with Crippen LogP contribution in [0.1, 0.15) is 0 Å². The number of nitrogens with one attached hydrogen (secondary N) is 1. The summed E-state index contributed by atoms with van der Waals surface area (Å²) >= 11 is 0. The minimum atomic E-state index is -3.27. The van der Waals surface area contributed by atoms with Crippen LogP contribution >= 0.6 is 0 Å². The molecule has 0 amide bonds. The molecule has 0 aromatic carbocycles. The molecular formula is C8H14N4O3S. The maximum absolute atomic E-state index is 11.4. The van der Waals surface area contributed by atoms with Crippen molar-refractivity contribution in [2.45, 2.75) is 11.4 Å². The maximum Gasteiger partial charge on any atom is 0.230 e. The topological polar surface area (TPSA) is 103 Å². The summed E-state index contributed by atoms with van der Waals surface area (Å²) in [5.41, 5.74) is 0. The molecule has 16 heavy (non-hydrogen) atoms. The van der Waals surface area contributed by atoms with E-state index in [1.54, 1.807) is 11.8 Å². The Kier molecular flexibility index (Phi) is 2.87. The van der Waals surface area contributed by atoms with E-state index in [-0.39, 0.29) is 10.8 Å². The molecule has 0 saturated carbocycles. The van der Waals surface area contributed by atoms with E-state index in [0.29, 0.717) is 25.6 Å². The third-order valence-corrected chi connectivity index (χ3v) is 3.31. The lowest BCUT2D eigenvalue weighted by Gasteiger charge is -2.23. The second kappa shape index (κ2) is 4.04. The Bertz CT molecular complexity index is 481. The highest BCUT2D eigenvalue weighted by Crippen LogP contribution is 2.27. The van der Waals surface area contributed by atoms with Crippen molar-refractivity contribution >= 4 is 9.92 Å². The van der Waals surface area contributed by atoms with Crippen LogP contribution in [0.2, 0.25) is 0 Å². The van der Waals surface area contributed by atoms with Crippen LogP contribution < -0.4 is 9.88 Å². The van der Waals surface area contributed by atoms with E-state index in [0.717, 1.165) is 0 Å². The van der Waals surface area contributed by atoms with Crippen LogP contribution in [0.3, 0.4) is 0 Å². The molecule has 2 heterocycles. The van der Waals surface area contributed by atoms with E-state index in [4.69, 9.17) is 19.4 Å². The largest absolute Gasteiger partial charge is 0.476 e. The van der Waals surface area contributed by atoms with Gasteiger partial charge in [0, 0.05) is 13.0 Å². The van der Waals surface area contributed by atoms with Crippen LogP contribution in [0, 0.1) is 10.7 Å². The average Bonchev–Trinajstić information content (AvgIpc) is 2.60. The Morgan fingerprint density at radius 1 is 1.88 bits per heavy atom. The predicted molar refractivity (Wildman–Crippen MR) is 56.4 cm³/mol. The molecule has 2 unspecified atom stereocenters. The van der Waals surface area contributed by atoms with E-state index in [1.807, 2.05) is 0 Å². The van der Waals surface area contributed by atoms with Gasteiger partial charge < -0.3 is 9.47 Å². The van der Waals surface area contributed by atoms with Gasteiger partial charge in [-0.15, -0.1) is 0 Å². The molecular weight excluding hydrogens is 232 g/mol. The molecule has 0 aliphatic carbocycles. The van der Waals surface area contributed by atoms with Gasteiger partial charge in [-0.05, 0) is 0 Å². The summed E-state index contributed by atoms with van der Waals surface area (Å²) in [7, 11) is -1.64. The van der Waals surface area contributed by atoms with Gasteiger partial charge in [0.2, 0.25) is 5.88 Å². The number of aromatic nitrogens is 2. The molecule has 2 atom stereocenters. The second-order valence-corrected chi connectivity index (χ2v) is 5.37. The summed E-state index contributed by atoms with van der Waals surface area (Å²) in [5.74, 6) is 0.555. The zero-order valence-electron chi connectivity index (χ0n) is 8.88. The number of hydrogen-bond donors (Lipinski definition) is 2. The Morgan fingerprint density at radius 3 is 3.25 bits per heavy atom. The lowest BCUT2D eigenvalue weighted by atomic mass is 10.1. The molecule has 90 valence electrons. The molecule has 1 aliphatic rings. The smallest absolute Gasteiger partial charge is 0.230 e. The lowest BCUT2D eigenvalue weighted by molar-refractivity contribution is 0.0780. The van der Waals surface area contributed by atoms with Gasteiger partial charge in [0.25, 0.3) is 0 Å². The van der Waals surface area contributed by atoms with Gasteiger partial charge in [0.05, 0.1) is 26.0 Å². The summed E-state index contributed by atoms with van der Waals surface area (Å²) < 4.78 is 30.8. The van der Waals surface area contributed by atoms with Crippen molar-refractivity contribution in [1.82, 2.24) is 9.78 Å². The Morgan fingerprint density at radius 2 is 2.62 bits per heavy atom. The van der Waals surface area contributed by atoms with E-state index >= 15 is 0 Å². The zero-order valence-corrected chi connectivity index (χ0v) is 9.70. The normalized spacial score (nSPS) is 23.2. The third kappa shape index (κ3) is 2.04. The number of nitrogens with zero attached hydrogens (tertiary/aromatic N) is 2. The molecule has 1 aliphatic heterocycles. The average molecular weight is 246 g/mol. The molecule has 0 spiro atoms. The number of methoxy groups -OCH3 is 1. The maximum atomic E-state index is 11.4. The summed E-state index contributed by atoms with van der Waals surface area (Å²) in [6.45, 7) is 1.66. The standard InChI is InChI=1S/C8H14N4O3S/c1-14-4-6-3-12-8(15-5-6)7(2-11-12)16(9,10)13/h2,6H,3-5H2,1H3,(H3,9,10,13). The minimum absolute atomic E-state index is 0.156. The van der Waals surface area contributed by atoms with Crippen molar-refractivity contribution in [1.29, 1.82) is 4.78 Å². The summed E-state index contributed by atoms with van der Waals surface area (Å²) in [6.07, 6.45) is 1.33. The van der Waals surface area contributed by atoms with Crippen molar-refractivity contribution in [3.63, 3.8) is 0 Å². The minimum Gasteiger partial charge on any atom is -0.476 e. The van der Waals surface area contributed by atoms with Crippen LogP contribution in [0.4, 0.5) is 0 Å². The number of rotatable bonds is 3. The van der Waals surface area contributed by atoms with Gasteiger partial charge in [0.1, 0.15) is 14.8 Å². The molecule has 3 N–H and O–H groups in total. The van der Waals surface area contributed by atoms with Crippen LogP contribution in [-0.4, -0.2) is 34.3 Å². The molecule has 7 nitrogen and oxygen atoms in total. The Balaban J connectivity index is 2.27. The first-order valence-corrected chi connectivity index (χ1v) is 6.38. The number of nitrogens with two attached hydrogens (primary N) is 1. The van der Waals surface area contributed by atoms with Crippen molar-refractivity contribution in [2.24, 2.45) is 11.1 Å². The quantitative estimate of drug-likeness (QED) is 0.771. The van der Waals surface area contributed by atoms with Gasteiger partial charge >= 0.3 is 0 Å².